The van der Waals surface area contributed by atoms with Crippen molar-refractivity contribution in [3.05, 3.63) is 0 Å². The molecule has 0 spiro atoms. The van der Waals surface area contributed by atoms with Crippen LogP contribution >= 0.6 is 0 Å². The number of nitrogens with one attached hydrogen (secondary N) is 1. The second-order valence-electron chi connectivity index (χ2n) is 4.42. The summed E-state index contributed by atoms with van der Waals surface area (Å²) in [5.41, 5.74) is 0. The molecule has 0 aromatic carbocycles. The zero-order valence-corrected chi connectivity index (χ0v) is 9.17. The van der Waals surface area contributed by atoms with E-state index in [1.165, 1.54) is 38.9 Å². The molecule has 1 N–H and O–H groups in total. The van der Waals surface area contributed by atoms with Gasteiger partial charge in [-0.25, -0.2) is 0 Å². The number of ether oxygens (including phenoxy) is 1. The van der Waals surface area contributed by atoms with Crippen molar-refractivity contribution in [2.75, 3.05) is 32.7 Å². The van der Waals surface area contributed by atoms with Crippen molar-refractivity contribution in [3.8, 4) is 0 Å². The van der Waals surface area contributed by atoms with Gasteiger partial charge in [0.2, 0.25) is 0 Å². The van der Waals surface area contributed by atoms with E-state index in [4.69, 9.17) is 4.74 Å². The minimum atomic E-state index is 0.549. The van der Waals surface area contributed by atoms with Gasteiger partial charge in [0.05, 0.1) is 12.2 Å². The van der Waals surface area contributed by atoms with Crippen LogP contribution in [0.2, 0.25) is 0 Å². The molecule has 2 unspecified atom stereocenters. The minimum absolute atomic E-state index is 0.549. The maximum atomic E-state index is 5.80. The molecule has 0 amide bonds. The number of rotatable bonds is 5. The smallest absolute Gasteiger partial charge is 0.0707 e. The van der Waals surface area contributed by atoms with Crippen LogP contribution in [0.4, 0.5) is 0 Å². The molecule has 2 aliphatic rings. The Morgan fingerprint density at radius 2 is 2.00 bits per heavy atom. The van der Waals surface area contributed by atoms with Gasteiger partial charge in [0.25, 0.3) is 0 Å². The van der Waals surface area contributed by atoms with Gasteiger partial charge >= 0.3 is 0 Å². The molecule has 0 radical (unpaired) electrons. The minimum Gasteiger partial charge on any atom is -0.372 e. The number of morpholine rings is 1. The third-order valence-corrected chi connectivity index (χ3v) is 3.20. The van der Waals surface area contributed by atoms with E-state index in [1.54, 1.807) is 0 Å². The van der Waals surface area contributed by atoms with E-state index in [0.717, 1.165) is 13.1 Å². The predicted molar refractivity (Wildman–Crippen MR) is 57.5 cm³/mol. The molecular formula is C11H22N2O. The van der Waals surface area contributed by atoms with Crippen LogP contribution < -0.4 is 5.32 Å². The topological polar surface area (TPSA) is 24.5 Å². The Hall–Kier alpha value is -0.120. The van der Waals surface area contributed by atoms with E-state index in [0.29, 0.717) is 12.2 Å². The predicted octanol–water partition coefficient (Wildman–Crippen LogP) is 0.849. The van der Waals surface area contributed by atoms with Crippen LogP contribution in [0.25, 0.3) is 0 Å². The Morgan fingerprint density at radius 3 is 2.64 bits per heavy atom. The second kappa shape index (κ2) is 5.10. The Kier molecular flexibility index (Phi) is 3.79. The molecule has 0 aromatic rings. The number of hydrogen-bond acceptors (Lipinski definition) is 3. The largest absolute Gasteiger partial charge is 0.372 e. The van der Waals surface area contributed by atoms with Gasteiger partial charge in [0.1, 0.15) is 0 Å². The lowest BCUT2D eigenvalue weighted by atomic mass is 10.2. The summed E-state index contributed by atoms with van der Waals surface area (Å²) in [4.78, 5) is 2.57. The fourth-order valence-corrected chi connectivity index (χ4v) is 2.49. The Balaban J connectivity index is 1.62. The Labute approximate surface area is 86.8 Å². The zero-order chi connectivity index (χ0) is 9.80. The molecule has 2 atom stereocenters. The fraction of sp³-hybridized carbons (Fsp3) is 1.00. The first-order valence-corrected chi connectivity index (χ1v) is 5.97. The average Bonchev–Trinajstić information content (AvgIpc) is 2.53. The number of fused-ring (bicyclic) bond motifs is 2. The quantitative estimate of drug-likeness (QED) is 0.663. The molecule has 2 bridgehead atoms. The van der Waals surface area contributed by atoms with E-state index in [2.05, 4.69) is 17.1 Å². The fourth-order valence-electron chi connectivity index (χ4n) is 2.49. The third kappa shape index (κ3) is 2.69. The van der Waals surface area contributed by atoms with Crippen LogP contribution in [-0.4, -0.2) is 49.8 Å². The summed E-state index contributed by atoms with van der Waals surface area (Å²) in [6.07, 6.45) is 4.94. The van der Waals surface area contributed by atoms with E-state index in [-0.39, 0.29) is 0 Å². The molecule has 2 fully saturated rings. The normalized spacial score (nSPS) is 32.4. The Morgan fingerprint density at radius 1 is 1.29 bits per heavy atom. The molecule has 0 aliphatic carbocycles. The molecule has 3 nitrogen and oxygen atoms in total. The van der Waals surface area contributed by atoms with Crippen LogP contribution in [0, 0.1) is 0 Å². The lowest BCUT2D eigenvalue weighted by Gasteiger charge is -2.31. The van der Waals surface area contributed by atoms with E-state index in [1.807, 2.05) is 0 Å². The molecule has 3 heteroatoms. The Bertz CT molecular complexity index is 163. The van der Waals surface area contributed by atoms with Crippen LogP contribution in [0.3, 0.4) is 0 Å². The summed E-state index contributed by atoms with van der Waals surface area (Å²) in [6.45, 7) is 7.99. The van der Waals surface area contributed by atoms with Crippen molar-refractivity contribution < 1.29 is 4.74 Å². The number of likely N-dealkylation sites (tertiary alicyclic amines) is 1. The summed E-state index contributed by atoms with van der Waals surface area (Å²) in [6, 6.07) is 0. The number of nitrogens with zero attached hydrogens (tertiary/aromatic N) is 1. The average molecular weight is 198 g/mol. The standard InChI is InChI=1S/C11H22N2O/c1-2-12-6-3-7-13-8-10-4-5-11(9-13)14-10/h10-12H,2-9H2,1H3. The summed E-state index contributed by atoms with van der Waals surface area (Å²) >= 11 is 0. The van der Waals surface area contributed by atoms with Gasteiger partial charge in [-0.1, -0.05) is 6.92 Å². The highest BCUT2D eigenvalue weighted by molar-refractivity contribution is 4.84. The molecule has 2 heterocycles. The second-order valence-corrected chi connectivity index (χ2v) is 4.42. The first-order chi connectivity index (χ1) is 6.88. The summed E-state index contributed by atoms with van der Waals surface area (Å²) in [5, 5.41) is 3.37. The van der Waals surface area contributed by atoms with E-state index < -0.39 is 0 Å². The van der Waals surface area contributed by atoms with Gasteiger partial charge in [-0.15, -0.1) is 0 Å². The molecule has 2 rings (SSSR count). The van der Waals surface area contributed by atoms with Gasteiger partial charge in [-0.2, -0.15) is 0 Å². The molecule has 2 aliphatic heterocycles. The summed E-state index contributed by atoms with van der Waals surface area (Å²) in [7, 11) is 0. The molecule has 0 saturated carbocycles. The molecule has 82 valence electrons. The van der Waals surface area contributed by atoms with Gasteiger partial charge in [0, 0.05) is 13.1 Å². The number of hydrogen-bond donors (Lipinski definition) is 1. The highest BCUT2D eigenvalue weighted by Crippen LogP contribution is 2.25. The summed E-state index contributed by atoms with van der Waals surface area (Å²) in [5.74, 6) is 0. The van der Waals surface area contributed by atoms with Crippen LogP contribution in [0.1, 0.15) is 26.2 Å². The highest BCUT2D eigenvalue weighted by Gasteiger charge is 2.32. The zero-order valence-electron chi connectivity index (χ0n) is 9.17. The summed E-state index contributed by atoms with van der Waals surface area (Å²) < 4.78 is 5.80. The monoisotopic (exact) mass is 198 g/mol. The lowest BCUT2D eigenvalue weighted by molar-refractivity contribution is -0.0383. The van der Waals surface area contributed by atoms with Crippen molar-refractivity contribution in [2.45, 2.75) is 38.4 Å². The van der Waals surface area contributed by atoms with Crippen LogP contribution in [-0.2, 0) is 4.74 Å². The maximum absolute atomic E-state index is 5.80. The van der Waals surface area contributed by atoms with Gasteiger partial charge in [-0.3, -0.25) is 4.90 Å². The van der Waals surface area contributed by atoms with Crippen LogP contribution in [0.15, 0.2) is 0 Å². The van der Waals surface area contributed by atoms with Gasteiger partial charge in [-0.05, 0) is 38.9 Å². The van der Waals surface area contributed by atoms with Crippen molar-refractivity contribution in [2.24, 2.45) is 0 Å². The molecule has 2 saturated heterocycles. The van der Waals surface area contributed by atoms with Crippen molar-refractivity contribution in [1.82, 2.24) is 10.2 Å². The SMILES string of the molecule is CCNCCCN1CC2CCC(C1)O2. The molecular weight excluding hydrogens is 176 g/mol. The van der Waals surface area contributed by atoms with E-state index in [9.17, 15) is 0 Å². The van der Waals surface area contributed by atoms with Crippen molar-refractivity contribution in [1.29, 1.82) is 0 Å². The van der Waals surface area contributed by atoms with Crippen LogP contribution in [0.5, 0.6) is 0 Å². The first kappa shape index (κ1) is 10.4. The van der Waals surface area contributed by atoms with E-state index >= 15 is 0 Å². The van der Waals surface area contributed by atoms with Gasteiger partial charge in [0.15, 0.2) is 0 Å². The van der Waals surface area contributed by atoms with Crippen molar-refractivity contribution >= 4 is 0 Å². The third-order valence-electron chi connectivity index (χ3n) is 3.20. The lowest BCUT2D eigenvalue weighted by Crippen LogP contribution is -2.43. The van der Waals surface area contributed by atoms with Crippen molar-refractivity contribution in [3.63, 3.8) is 0 Å². The first-order valence-electron chi connectivity index (χ1n) is 5.97. The molecule has 14 heavy (non-hydrogen) atoms. The van der Waals surface area contributed by atoms with Gasteiger partial charge < -0.3 is 10.1 Å². The maximum Gasteiger partial charge on any atom is 0.0707 e. The molecule has 0 aromatic heterocycles. The highest BCUT2D eigenvalue weighted by atomic mass is 16.5.